The fourth-order valence-corrected chi connectivity index (χ4v) is 2.55. The molecule has 2 aromatic rings. The first-order valence-electron chi connectivity index (χ1n) is 6.11. The fourth-order valence-electron chi connectivity index (χ4n) is 1.60. The van der Waals surface area contributed by atoms with Crippen LogP contribution in [-0.4, -0.2) is 6.61 Å². The topological polar surface area (TPSA) is 9.23 Å². The normalized spacial score (nSPS) is 10.3. The molecule has 0 aliphatic heterocycles. The summed E-state index contributed by atoms with van der Waals surface area (Å²) in [5.41, 5.74) is 2.57. The van der Waals surface area contributed by atoms with E-state index in [9.17, 15) is 0 Å². The maximum Gasteiger partial charge on any atom is 0.0813 e. The molecular formula is C16H18OS. The van der Waals surface area contributed by atoms with Crippen LogP contribution in [0.1, 0.15) is 18.7 Å². The van der Waals surface area contributed by atoms with Crippen LogP contribution in [0.2, 0.25) is 0 Å². The molecule has 0 bridgehead atoms. The SMILES string of the molecule is CC(C)=CCOCc1ccc(-c2ccccc2)s1. The summed E-state index contributed by atoms with van der Waals surface area (Å²) in [5.74, 6) is 0. The molecule has 1 aromatic carbocycles. The van der Waals surface area contributed by atoms with Crippen molar-refractivity contribution < 1.29 is 4.74 Å². The van der Waals surface area contributed by atoms with Gasteiger partial charge >= 0.3 is 0 Å². The molecule has 94 valence electrons. The Morgan fingerprint density at radius 1 is 1.11 bits per heavy atom. The third-order valence-corrected chi connectivity index (χ3v) is 3.68. The zero-order valence-corrected chi connectivity index (χ0v) is 11.7. The van der Waals surface area contributed by atoms with Gasteiger partial charge in [-0.05, 0) is 31.5 Å². The first-order chi connectivity index (χ1) is 8.75. The highest BCUT2D eigenvalue weighted by molar-refractivity contribution is 7.15. The van der Waals surface area contributed by atoms with Crippen molar-refractivity contribution in [3.8, 4) is 10.4 Å². The molecule has 0 saturated carbocycles. The van der Waals surface area contributed by atoms with Crippen LogP contribution >= 0.6 is 11.3 Å². The van der Waals surface area contributed by atoms with E-state index in [-0.39, 0.29) is 0 Å². The third kappa shape index (κ3) is 3.83. The van der Waals surface area contributed by atoms with Gasteiger partial charge in [0.05, 0.1) is 13.2 Å². The third-order valence-electron chi connectivity index (χ3n) is 2.57. The van der Waals surface area contributed by atoms with Crippen molar-refractivity contribution in [2.24, 2.45) is 0 Å². The average Bonchev–Trinajstić information content (AvgIpc) is 2.84. The van der Waals surface area contributed by atoms with Crippen molar-refractivity contribution in [1.82, 2.24) is 0 Å². The molecule has 0 aliphatic rings. The van der Waals surface area contributed by atoms with Crippen LogP contribution in [0, 0.1) is 0 Å². The lowest BCUT2D eigenvalue weighted by atomic mass is 10.2. The van der Waals surface area contributed by atoms with Gasteiger partial charge in [-0.1, -0.05) is 42.0 Å². The highest BCUT2D eigenvalue weighted by atomic mass is 32.1. The van der Waals surface area contributed by atoms with Crippen LogP contribution in [-0.2, 0) is 11.3 Å². The van der Waals surface area contributed by atoms with Gasteiger partial charge in [0.1, 0.15) is 0 Å². The molecule has 0 amide bonds. The summed E-state index contributed by atoms with van der Waals surface area (Å²) in [6.45, 7) is 5.56. The van der Waals surface area contributed by atoms with E-state index in [1.807, 2.05) is 6.07 Å². The molecule has 0 N–H and O–H groups in total. The van der Waals surface area contributed by atoms with E-state index >= 15 is 0 Å². The van der Waals surface area contributed by atoms with Crippen molar-refractivity contribution in [2.45, 2.75) is 20.5 Å². The molecule has 0 fully saturated rings. The van der Waals surface area contributed by atoms with E-state index < -0.39 is 0 Å². The Morgan fingerprint density at radius 2 is 1.89 bits per heavy atom. The number of allylic oxidation sites excluding steroid dienone is 1. The molecule has 1 aromatic heterocycles. The maximum absolute atomic E-state index is 5.61. The van der Waals surface area contributed by atoms with Crippen LogP contribution in [0.3, 0.4) is 0 Å². The summed E-state index contributed by atoms with van der Waals surface area (Å²) in [4.78, 5) is 2.58. The van der Waals surface area contributed by atoms with Gasteiger partial charge in [-0.15, -0.1) is 11.3 Å². The minimum Gasteiger partial charge on any atom is -0.372 e. The zero-order chi connectivity index (χ0) is 12.8. The van der Waals surface area contributed by atoms with E-state index in [0.717, 1.165) is 0 Å². The lowest BCUT2D eigenvalue weighted by Gasteiger charge is -1.99. The molecule has 18 heavy (non-hydrogen) atoms. The predicted molar refractivity (Wildman–Crippen MR) is 78.8 cm³/mol. The van der Waals surface area contributed by atoms with E-state index in [4.69, 9.17) is 4.74 Å². The molecular weight excluding hydrogens is 240 g/mol. The second kappa shape index (κ2) is 6.53. The molecule has 1 nitrogen and oxygen atoms in total. The van der Waals surface area contributed by atoms with Gasteiger partial charge in [-0.25, -0.2) is 0 Å². The standard InChI is InChI=1S/C16H18OS/c1-13(2)10-11-17-12-15-8-9-16(18-15)14-6-4-3-5-7-14/h3-10H,11-12H2,1-2H3. The van der Waals surface area contributed by atoms with E-state index in [2.05, 4.69) is 56.3 Å². The van der Waals surface area contributed by atoms with Crippen LogP contribution < -0.4 is 0 Å². The van der Waals surface area contributed by atoms with E-state index in [1.54, 1.807) is 11.3 Å². The van der Waals surface area contributed by atoms with Gasteiger partial charge in [0.25, 0.3) is 0 Å². The summed E-state index contributed by atoms with van der Waals surface area (Å²) in [7, 11) is 0. The van der Waals surface area contributed by atoms with E-state index in [0.29, 0.717) is 13.2 Å². The lowest BCUT2D eigenvalue weighted by Crippen LogP contribution is -1.90. The summed E-state index contributed by atoms with van der Waals surface area (Å²) < 4.78 is 5.61. The number of benzene rings is 1. The van der Waals surface area contributed by atoms with Crippen LogP contribution in [0.5, 0.6) is 0 Å². The molecule has 2 heteroatoms. The smallest absolute Gasteiger partial charge is 0.0813 e. The zero-order valence-electron chi connectivity index (χ0n) is 10.8. The highest BCUT2D eigenvalue weighted by Crippen LogP contribution is 2.28. The molecule has 0 aliphatic carbocycles. The summed E-state index contributed by atoms with van der Waals surface area (Å²) >= 11 is 1.80. The average molecular weight is 258 g/mol. The summed E-state index contributed by atoms with van der Waals surface area (Å²) in [5, 5.41) is 0. The number of thiophene rings is 1. The Hall–Kier alpha value is -1.38. The summed E-state index contributed by atoms with van der Waals surface area (Å²) in [6.07, 6.45) is 2.10. The van der Waals surface area contributed by atoms with Crippen LogP contribution in [0.4, 0.5) is 0 Å². The first-order valence-corrected chi connectivity index (χ1v) is 6.92. The molecule has 2 rings (SSSR count). The number of rotatable bonds is 5. The Balaban J connectivity index is 1.93. The first kappa shape index (κ1) is 13.1. The predicted octanol–water partition coefficient (Wildman–Crippen LogP) is 4.90. The van der Waals surface area contributed by atoms with Crippen LogP contribution in [0.25, 0.3) is 10.4 Å². The Bertz CT molecular complexity index is 507. The van der Waals surface area contributed by atoms with Gasteiger partial charge in [0.15, 0.2) is 0 Å². The second-order valence-corrected chi connectivity index (χ2v) is 5.60. The Labute approximate surface area is 113 Å². The Morgan fingerprint density at radius 3 is 2.61 bits per heavy atom. The van der Waals surface area contributed by atoms with Gasteiger partial charge in [-0.3, -0.25) is 0 Å². The minimum absolute atomic E-state index is 0.695. The molecule has 1 heterocycles. The number of ether oxygens (including phenoxy) is 1. The largest absolute Gasteiger partial charge is 0.372 e. The minimum atomic E-state index is 0.695. The monoisotopic (exact) mass is 258 g/mol. The van der Waals surface area contributed by atoms with Gasteiger partial charge in [0, 0.05) is 9.75 Å². The molecule has 0 radical (unpaired) electrons. The summed E-state index contributed by atoms with van der Waals surface area (Å²) in [6, 6.07) is 14.8. The quantitative estimate of drug-likeness (QED) is 0.547. The van der Waals surface area contributed by atoms with Crippen molar-refractivity contribution in [3.05, 3.63) is 59.0 Å². The van der Waals surface area contributed by atoms with E-state index in [1.165, 1.54) is 20.9 Å². The Kier molecular flexibility index (Phi) is 4.73. The fraction of sp³-hybridized carbons (Fsp3) is 0.250. The number of hydrogen-bond donors (Lipinski definition) is 0. The van der Waals surface area contributed by atoms with Gasteiger partial charge in [-0.2, -0.15) is 0 Å². The van der Waals surface area contributed by atoms with Crippen molar-refractivity contribution >= 4 is 11.3 Å². The molecule has 0 unspecified atom stereocenters. The lowest BCUT2D eigenvalue weighted by molar-refractivity contribution is 0.150. The van der Waals surface area contributed by atoms with Crippen molar-refractivity contribution in [3.63, 3.8) is 0 Å². The second-order valence-electron chi connectivity index (χ2n) is 4.43. The van der Waals surface area contributed by atoms with Gasteiger partial charge in [0.2, 0.25) is 0 Å². The number of hydrogen-bond acceptors (Lipinski definition) is 2. The maximum atomic E-state index is 5.61. The molecule has 0 spiro atoms. The molecule has 0 saturated heterocycles. The van der Waals surface area contributed by atoms with Crippen molar-refractivity contribution in [1.29, 1.82) is 0 Å². The molecule has 0 atom stereocenters. The van der Waals surface area contributed by atoms with Crippen molar-refractivity contribution in [2.75, 3.05) is 6.61 Å². The van der Waals surface area contributed by atoms with Gasteiger partial charge < -0.3 is 4.74 Å². The highest BCUT2D eigenvalue weighted by Gasteiger charge is 2.02. The van der Waals surface area contributed by atoms with Crippen LogP contribution in [0.15, 0.2) is 54.1 Å².